The highest BCUT2D eigenvalue weighted by atomic mass is 35.5. The number of nitrogens with zero attached hydrogens (tertiary/aromatic N) is 2. The number of hydrogen-bond acceptors (Lipinski definition) is 5. The highest BCUT2D eigenvalue weighted by Gasteiger charge is 2.15. The Hall–Kier alpha value is -2.71. The third kappa shape index (κ3) is 2.97. The van der Waals surface area contributed by atoms with Crippen LogP contribution in [0.2, 0.25) is 5.02 Å². The van der Waals surface area contributed by atoms with Crippen molar-refractivity contribution in [3.05, 3.63) is 58.1 Å². The molecule has 1 heterocycles. The van der Waals surface area contributed by atoms with E-state index in [-0.39, 0.29) is 13.4 Å². The molecule has 0 radical (unpaired) electrons. The maximum atomic E-state index is 8.99. The SMILES string of the molecule is N#Cc1ccccc1CO/N=C\c1cc2c(cc1Cl)OCO2. The first-order valence-corrected chi connectivity index (χ1v) is 6.88. The lowest BCUT2D eigenvalue weighted by Crippen LogP contribution is -1.93. The topological polar surface area (TPSA) is 63.8 Å². The van der Waals surface area contributed by atoms with Crippen LogP contribution in [0.5, 0.6) is 11.5 Å². The van der Waals surface area contributed by atoms with Crippen LogP contribution in [0.3, 0.4) is 0 Å². The highest BCUT2D eigenvalue weighted by molar-refractivity contribution is 6.33. The summed E-state index contributed by atoms with van der Waals surface area (Å²) in [6, 6.07) is 12.7. The van der Waals surface area contributed by atoms with Gasteiger partial charge < -0.3 is 14.3 Å². The second-order valence-electron chi connectivity index (χ2n) is 4.50. The van der Waals surface area contributed by atoms with Crippen molar-refractivity contribution in [3.8, 4) is 17.6 Å². The van der Waals surface area contributed by atoms with Gasteiger partial charge in [-0.2, -0.15) is 5.26 Å². The van der Waals surface area contributed by atoms with Crippen LogP contribution in [0, 0.1) is 11.3 Å². The average Bonchev–Trinajstić information content (AvgIpc) is 2.99. The molecule has 110 valence electrons. The first-order chi connectivity index (χ1) is 10.8. The Bertz CT molecular complexity index is 768. The fraction of sp³-hybridized carbons (Fsp3) is 0.125. The normalized spacial score (nSPS) is 12.4. The molecule has 0 saturated heterocycles. The molecule has 0 atom stereocenters. The van der Waals surface area contributed by atoms with Crippen LogP contribution in [0.15, 0.2) is 41.6 Å². The molecule has 0 spiro atoms. The van der Waals surface area contributed by atoms with Gasteiger partial charge in [-0.25, -0.2) is 0 Å². The number of halogens is 1. The van der Waals surface area contributed by atoms with Gasteiger partial charge in [-0.3, -0.25) is 0 Å². The molecule has 3 rings (SSSR count). The summed E-state index contributed by atoms with van der Waals surface area (Å²) in [5.74, 6) is 1.24. The number of ether oxygens (including phenoxy) is 2. The molecule has 0 saturated carbocycles. The summed E-state index contributed by atoms with van der Waals surface area (Å²) < 4.78 is 10.5. The summed E-state index contributed by atoms with van der Waals surface area (Å²) in [4.78, 5) is 5.23. The van der Waals surface area contributed by atoms with E-state index in [0.717, 1.165) is 5.56 Å². The molecule has 0 unspecified atom stereocenters. The number of benzene rings is 2. The van der Waals surface area contributed by atoms with Crippen molar-refractivity contribution in [2.45, 2.75) is 6.61 Å². The molecule has 0 aliphatic carbocycles. The maximum Gasteiger partial charge on any atom is 0.231 e. The number of rotatable bonds is 4. The van der Waals surface area contributed by atoms with E-state index in [1.165, 1.54) is 6.21 Å². The van der Waals surface area contributed by atoms with Crippen molar-refractivity contribution in [3.63, 3.8) is 0 Å². The number of fused-ring (bicyclic) bond motifs is 1. The molecule has 1 aliphatic heterocycles. The molecule has 0 aromatic heterocycles. The van der Waals surface area contributed by atoms with E-state index in [0.29, 0.717) is 27.6 Å². The van der Waals surface area contributed by atoms with Gasteiger partial charge in [-0.15, -0.1) is 0 Å². The van der Waals surface area contributed by atoms with Gasteiger partial charge in [-0.1, -0.05) is 35.0 Å². The predicted octanol–water partition coefficient (Wildman–Crippen LogP) is 3.49. The fourth-order valence-corrected chi connectivity index (χ4v) is 2.19. The molecule has 0 bridgehead atoms. The van der Waals surface area contributed by atoms with E-state index in [4.69, 9.17) is 31.2 Å². The molecule has 5 nitrogen and oxygen atoms in total. The lowest BCUT2D eigenvalue weighted by Gasteiger charge is -2.03. The zero-order valence-corrected chi connectivity index (χ0v) is 12.2. The van der Waals surface area contributed by atoms with Gasteiger partial charge >= 0.3 is 0 Å². The minimum atomic E-state index is 0.188. The molecule has 0 amide bonds. The third-order valence-corrected chi connectivity index (χ3v) is 3.44. The molecule has 2 aromatic carbocycles. The summed E-state index contributed by atoms with van der Waals surface area (Å²) in [5, 5.41) is 13.4. The van der Waals surface area contributed by atoms with Crippen LogP contribution in [-0.4, -0.2) is 13.0 Å². The van der Waals surface area contributed by atoms with Gasteiger partial charge in [0.1, 0.15) is 6.61 Å². The number of hydrogen-bond donors (Lipinski definition) is 0. The lowest BCUT2D eigenvalue weighted by molar-refractivity contribution is 0.132. The molecule has 0 fully saturated rings. The largest absolute Gasteiger partial charge is 0.454 e. The predicted molar refractivity (Wildman–Crippen MR) is 81.1 cm³/mol. The smallest absolute Gasteiger partial charge is 0.231 e. The van der Waals surface area contributed by atoms with Gasteiger partial charge in [-0.05, 0) is 12.1 Å². The van der Waals surface area contributed by atoms with Crippen LogP contribution < -0.4 is 9.47 Å². The van der Waals surface area contributed by atoms with Crippen LogP contribution in [-0.2, 0) is 11.4 Å². The van der Waals surface area contributed by atoms with E-state index in [2.05, 4.69) is 11.2 Å². The van der Waals surface area contributed by atoms with Gasteiger partial charge in [0.25, 0.3) is 0 Å². The lowest BCUT2D eigenvalue weighted by atomic mass is 10.1. The molecule has 1 aliphatic rings. The average molecular weight is 315 g/mol. The van der Waals surface area contributed by atoms with Crippen molar-refractivity contribution in [2.75, 3.05) is 6.79 Å². The quantitative estimate of drug-likeness (QED) is 0.640. The Labute approximate surface area is 132 Å². The van der Waals surface area contributed by atoms with Crippen molar-refractivity contribution < 1.29 is 14.3 Å². The van der Waals surface area contributed by atoms with Crippen LogP contribution in [0.25, 0.3) is 0 Å². The first kappa shape index (κ1) is 14.2. The number of nitriles is 1. The zero-order valence-electron chi connectivity index (χ0n) is 11.5. The Balaban J connectivity index is 1.67. The van der Waals surface area contributed by atoms with Crippen LogP contribution >= 0.6 is 11.6 Å². The van der Waals surface area contributed by atoms with Crippen LogP contribution in [0.1, 0.15) is 16.7 Å². The fourth-order valence-electron chi connectivity index (χ4n) is 1.99. The third-order valence-electron chi connectivity index (χ3n) is 3.12. The maximum absolute atomic E-state index is 8.99. The van der Waals surface area contributed by atoms with E-state index in [9.17, 15) is 0 Å². The summed E-state index contributed by atoms with van der Waals surface area (Å²) in [5.41, 5.74) is 2.01. The summed E-state index contributed by atoms with van der Waals surface area (Å²) >= 11 is 6.13. The molecule has 6 heteroatoms. The Morgan fingerprint density at radius 1 is 1.27 bits per heavy atom. The minimum Gasteiger partial charge on any atom is -0.454 e. The van der Waals surface area contributed by atoms with Crippen molar-refractivity contribution >= 4 is 17.8 Å². The summed E-state index contributed by atoms with van der Waals surface area (Å²) in [6.45, 7) is 0.399. The van der Waals surface area contributed by atoms with E-state index in [1.54, 1.807) is 24.3 Å². The first-order valence-electron chi connectivity index (χ1n) is 6.50. The Morgan fingerprint density at radius 3 is 2.86 bits per heavy atom. The van der Waals surface area contributed by atoms with Crippen molar-refractivity contribution in [1.29, 1.82) is 5.26 Å². The van der Waals surface area contributed by atoms with Crippen LogP contribution in [0.4, 0.5) is 0 Å². The van der Waals surface area contributed by atoms with E-state index in [1.807, 2.05) is 12.1 Å². The molecule has 22 heavy (non-hydrogen) atoms. The molecule has 2 aromatic rings. The van der Waals surface area contributed by atoms with Gasteiger partial charge in [0.05, 0.1) is 22.9 Å². The van der Waals surface area contributed by atoms with Crippen molar-refractivity contribution in [2.24, 2.45) is 5.16 Å². The van der Waals surface area contributed by atoms with Crippen molar-refractivity contribution in [1.82, 2.24) is 0 Å². The number of oxime groups is 1. The highest BCUT2D eigenvalue weighted by Crippen LogP contribution is 2.36. The van der Waals surface area contributed by atoms with Gasteiger partial charge in [0.2, 0.25) is 6.79 Å². The van der Waals surface area contributed by atoms with Gasteiger partial charge in [0.15, 0.2) is 11.5 Å². The second kappa shape index (κ2) is 6.37. The summed E-state index contributed by atoms with van der Waals surface area (Å²) in [7, 11) is 0. The summed E-state index contributed by atoms with van der Waals surface area (Å²) in [6.07, 6.45) is 1.50. The molecular weight excluding hydrogens is 304 g/mol. The standard InChI is InChI=1S/C16H11ClN2O3/c17-14-6-16-15(20-10-21-16)5-13(14)8-19-22-9-12-4-2-1-3-11(12)7-18/h1-6,8H,9-10H2/b19-8-. The molecule has 0 N–H and O–H groups in total. The molecular formula is C16H11ClN2O3. The second-order valence-corrected chi connectivity index (χ2v) is 4.91. The monoisotopic (exact) mass is 314 g/mol. The Morgan fingerprint density at radius 2 is 2.05 bits per heavy atom. The Kier molecular flexibility index (Phi) is 4.12. The zero-order chi connectivity index (χ0) is 15.4. The van der Waals surface area contributed by atoms with E-state index < -0.39 is 0 Å². The van der Waals surface area contributed by atoms with Gasteiger partial charge in [0, 0.05) is 17.2 Å². The van der Waals surface area contributed by atoms with E-state index >= 15 is 0 Å². The minimum absolute atomic E-state index is 0.188.